The van der Waals surface area contributed by atoms with E-state index in [9.17, 15) is 5.11 Å². The molecule has 1 aromatic carbocycles. The van der Waals surface area contributed by atoms with Gasteiger partial charge in [-0.1, -0.05) is 6.07 Å². The minimum absolute atomic E-state index is 0.217. The van der Waals surface area contributed by atoms with Crippen LogP contribution in [0.2, 0.25) is 0 Å². The van der Waals surface area contributed by atoms with Crippen molar-refractivity contribution in [2.75, 3.05) is 0 Å². The second kappa shape index (κ2) is 3.65. The Bertz CT molecular complexity index is 459. The summed E-state index contributed by atoms with van der Waals surface area (Å²) in [5.74, 6) is 0.217. The van der Waals surface area contributed by atoms with Crippen LogP contribution in [0.4, 0.5) is 0 Å². The van der Waals surface area contributed by atoms with Gasteiger partial charge in [0.25, 0.3) is 0 Å². The fourth-order valence-corrected chi connectivity index (χ4v) is 1.64. The molecule has 0 spiro atoms. The molecule has 0 aliphatic carbocycles. The Morgan fingerprint density at radius 2 is 2.00 bits per heavy atom. The molecule has 0 aliphatic heterocycles. The van der Waals surface area contributed by atoms with E-state index in [1.807, 2.05) is 19.9 Å². The molecular formula is C11H11N3O. The Balaban J connectivity index is 2.64. The summed E-state index contributed by atoms with van der Waals surface area (Å²) in [4.78, 5) is 3.88. The highest BCUT2D eigenvalue weighted by Gasteiger charge is 2.10. The van der Waals surface area contributed by atoms with Crippen molar-refractivity contribution in [2.24, 2.45) is 0 Å². The summed E-state index contributed by atoms with van der Waals surface area (Å²) < 4.78 is 0. The summed E-state index contributed by atoms with van der Waals surface area (Å²) in [7, 11) is 0. The lowest BCUT2D eigenvalue weighted by molar-refractivity contribution is 0.476. The lowest BCUT2D eigenvalue weighted by Gasteiger charge is -2.07. The van der Waals surface area contributed by atoms with Crippen LogP contribution in [-0.4, -0.2) is 20.3 Å². The Morgan fingerprint density at radius 1 is 1.20 bits per heavy atom. The molecule has 4 nitrogen and oxygen atoms in total. The Morgan fingerprint density at radius 3 is 2.60 bits per heavy atom. The molecule has 0 atom stereocenters. The molecule has 0 saturated carbocycles. The molecule has 15 heavy (non-hydrogen) atoms. The molecule has 0 fully saturated rings. The van der Waals surface area contributed by atoms with Gasteiger partial charge in [0.2, 0.25) is 0 Å². The molecule has 1 N–H and O–H groups in total. The van der Waals surface area contributed by atoms with Gasteiger partial charge in [-0.3, -0.25) is 0 Å². The van der Waals surface area contributed by atoms with Crippen LogP contribution in [-0.2, 0) is 0 Å². The maximum atomic E-state index is 9.83. The van der Waals surface area contributed by atoms with E-state index in [1.165, 1.54) is 6.33 Å². The maximum Gasteiger partial charge on any atom is 0.138 e. The quantitative estimate of drug-likeness (QED) is 0.765. The number of phenolic OH excluding ortho intramolecular Hbond substituents is 1. The summed E-state index contributed by atoms with van der Waals surface area (Å²) in [5.41, 5.74) is 3.27. The van der Waals surface area contributed by atoms with Crippen LogP contribution in [0.3, 0.4) is 0 Å². The number of rotatable bonds is 1. The van der Waals surface area contributed by atoms with Crippen LogP contribution in [0, 0.1) is 13.8 Å². The smallest absolute Gasteiger partial charge is 0.138 e. The topological polar surface area (TPSA) is 58.9 Å². The third-order valence-corrected chi connectivity index (χ3v) is 2.20. The summed E-state index contributed by atoms with van der Waals surface area (Å²) in [6, 6.07) is 3.70. The van der Waals surface area contributed by atoms with E-state index in [0.717, 1.165) is 11.1 Å². The van der Waals surface area contributed by atoms with Crippen molar-refractivity contribution in [3.8, 4) is 17.0 Å². The van der Waals surface area contributed by atoms with E-state index in [2.05, 4.69) is 15.2 Å². The van der Waals surface area contributed by atoms with Gasteiger partial charge in [-0.2, -0.15) is 0 Å². The first-order valence-corrected chi connectivity index (χ1v) is 4.62. The minimum Gasteiger partial charge on any atom is -0.507 e. The third kappa shape index (κ3) is 1.79. The number of nitrogens with zero attached hydrogens (tertiary/aromatic N) is 3. The molecule has 2 rings (SSSR count). The summed E-state index contributed by atoms with van der Waals surface area (Å²) >= 11 is 0. The second-order valence-corrected chi connectivity index (χ2v) is 3.47. The Kier molecular flexibility index (Phi) is 2.33. The highest BCUT2D eigenvalue weighted by molar-refractivity contribution is 5.70. The van der Waals surface area contributed by atoms with Crippen LogP contribution >= 0.6 is 0 Å². The second-order valence-electron chi connectivity index (χ2n) is 3.47. The first kappa shape index (κ1) is 9.58. The van der Waals surface area contributed by atoms with Crippen molar-refractivity contribution >= 4 is 0 Å². The molecular weight excluding hydrogens is 190 g/mol. The van der Waals surface area contributed by atoms with Gasteiger partial charge in [0.1, 0.15) is 17.8 Å². The standard InChI is InChI=1S/C11H11N3O/c1-7-3-8(2)11(10(15)4-7)9-5-12-6-13-14-9/h3-6,15H,1-2H3. The predicted molar refractivity (Wildman–Crippen MR) is 56.4 cm³/mol. The van der Waals surface area contributed by atoms with Crippen molar-refractivity contribution < 1.29 is 5.11 Å². The number of hydrogen-bond donors (Lipinski definition) is 1. The molecule has 0 bridgehead atoms. The van der Waals surface area contributed by atoms with Crippen molar-refractivity contribution in [2.45, 2.75) is 13.8 Å². The zero-order valence-electron chi connectivity index (χ0n) is 8.60. The molecule has 0 amide bonds. The first-order valence-electron chi connectivity index (χ1n) is 4.62. The fourth-order valence-electron chi connectivity index (χ4n) is 1.64. The van der Waals surface area contributed by atoms with Gasteiger partial charge in [-0.05, 0) is 31.0 Å². The summed E-state index contributed by atoms with van der Waals surface area (Å²) in [5, 5.41) is 17.5. The average molecular weight is 201 g/mol. The zero-order chi connectivity index (χ0) is 10.8. The van der Waals surface area contributed by atoms with Gasteiger partial charge in [-0.25, -0.2) is 4.98 Å². The van der Waals surface area contributed by atoms with E-state index in [-0.39, 0.29) is 5.75 Å². The summed E-state index contributed by atoms with van der Waals surface area (Å²) in [6.45, 7) is 3.86. The van der Waals surface area contributed by atoms with E-state index in [4.69, 9.17) is 0 Å². The van der Waals surface area contributed by atoms with Crippen LogP contribution in [0.15, 0.2) is 24.7 Å². The number of aromatic nitrogens is 3. The molecule has 4 heteroatoms. The SMILES string of the molecule is Cc1cc(C)c(-c2cncnn2)c(O)c1. The molecule has 0 unspecified atom stereocenters. The molecule has 0 radical (unpaired) electrons. The number of benzene rings is 1. The van der Waals surface area contributed by atoms with Crippen LogP contribution in [0.5, 0.6) is 5.75 Å². The van der Waals surface area contributed by atoms with E-state index < -0.39 is 0 Å². The van der Waals surface area contributed by atoms with E-state index in [1.54, 1.807) is 12.3 Å². The monoisotopic (exact) mass is 201 g/mol. The van der Waals surface area contributed by atoms with E-state index >= 15 is 0 Å². The fraction of sp³-hybridized carbons (Fsp3) is 0.182. The lowest BCUT2D eigenvalue weighted by atomic mass is 10.0. The number of phenols is 1. The molecule has 0 aliphatic rings. The highest BCUT2D eigenvalue weighted by Crippen LogP contribution is 2.31. The molecule has 2 aromatic rings. The Labute approximate surface area is 87.6 Å². The van der Waals surface area contributed by atoms with Crippen molar-refractivity contribution in [3.63, 3.8) is 0 Å². The van der Waals surface area contributed by atoms with Crippen LogP contribution in [0.25, 0.3) is 11.3 Å². The highest BCUT2D eigenvalue weighted by atomic mass is 16.3. The normalized spacial score (nSPS) is 10.3. The van der Waals surface area contributed by atoms with Gasteiger partial charge >= 0.3 is 0 Å². The number of hydrogen-bond acceptors (Lipinski definition) is 4. The van der Waals surface area contributed by atoms with Crippen molar-refractivity contribution in [1.29, 1.82) is 0 Å². The number of aromatic hydroxyl groups is 1. The third-order valence-electron chi connectivity index (χ3n) is 2.20. The van der Waals surface area contributed by atoms with Gasteiger partial charge in [0, 0.05) is 5.56 Å². The minimum atomic E-state index is 0.217. The van der Waals surface area contributed by atoms with Crippen molar-refractivity contribution in [1.82, 2.24) is 15.2 Å². The molecule has 0 saturated heterocycles. The van der Waals surface area contributed by atoms with E-state index in [0.29, 0.717) is 11.3 Å². The van der Waals surface area contributed by atoms with Crippen molar-refractivity contribution in [3.05, 3.63) is 35.8 Å². The largest absolute Gasteiger partial charge is 0.507 e. The van der Waals surface area contributed by atoms with Gasteiger partial charge in [0.05, 0.1) is 6.20 Å². The predicted octanol–water partition coefficient (Wildman–Crippen LogP) is 1.86. The first-order chi connectivity index (χ1) is 7.18. The molecule has 1 heterocycles. The van der Waals surface area contributed by atoms with Crippen LogP contribution in [0.1, 0.15) is 11.1 Å². The van der Waals surface area contributed by atoms with Gasteiger partial charge < -0.3 is 5.11 Å². The van der Waals surface area contributed by atoms with Gasteiger partial charge in [-0.15, -0.1) is 10.2 Å². The maximum absolute atomic E-state index is 9.83. The molecule has 76 valence electrons. The Hall–Kier alpha value is -1.97. The molecule has 1 aromatic heterocycles. The number of aryl methyl sites for hydroxylation is 2. The summed E-state index contributed by atoms with van der Waals surface area (Å²) in [6.07, 6.45) is 2.95. The lowest BCUT2D eigenvalue weighted by Crippen LogP contribution is -1.92. The zero-order valence-corrected chi connectivity index (χ0v) is 8.60. The van der Waals surface area contributed by atoms with Gasteiger partial charge in [0.15, 0.2) is 0 Å². The van der Waals surface area contributed by atoms with Crippen LogP contribution < -0.4 is 0 Å². The average Bonchev–Trinajstić information content (AvgIpc) is 2.17.